The number of rotatable bonds is 9. The van der Waals surface area contributed by atoms with Crippen molar-refractivity contribution < 1.29 is 9.59 Å². The summed E-state index contributed by atoms with van der Waals surface area (Å²) in [5.74, 6) is 3.95. The largest absolute Gasteiger partial charge is 0.367 e. The molecule has 1 aliphatic heterocycles. The summed E-state index contributed by atoms with van der Waals surface area (Å²) in [6.07, 6.45) is 6.47. The number of carbonyl (C=O) groups excluding carboxylic acids is 2. The zero-order valence-electron chi connectivity index (χ0n) is 21.8. The third-order valence-corrected chi connectivity index (χ3v) is 7.05. The zero-order valence-corrected chi connectivity index (χ0v) is 21.8. The fourth-order valence-corrected chi connectivity index (χ4v) is 4.78. The van der Waals surface area contributed by atoms with E-state index in [9.17, 15) is 19.2 Å². The maximum Gasteiger partial charge on any atom is 0.329 e. The van der Waals surface area contributed by atoms with E-state index < -0.39 is 5.69 Å². The number of hydrogen-bond acceptors (Lipinski definition) is 6. The van der Waals surface area contributed by atoms with Crippen LogP contribution in [-0.2, 0) is 22.6 Å². The summed E-state index contributed by atoms with van der Waals surface area (Å²) >= 11 is 0. The van der Waals surface area contributed by atoms with Crippen LogP contribution in [-0.4, -0.2) is 34.5 Å². The van der Waals surface area contributed by atoms with Crippen molar-refractivity contribution in [2.24, 2.45) is 0 Å². The van der Waals surface area contributed by atoms with Crippen molar-refractivity contribution >= 4 is 29.1 Å². The Balaban J connectivity index is 1.30. The Morgan fingerprint density at radius 2 is 1.82 bits per heavy atom. The number of unbranched alkanes of at least 4 members (excludes halogenated alkanes) is 1. The van der Waals surface area contributed by atoms with Crippen LogP contribution in [0.25, 0.3) is 0 Å². The van der Waals surface area contributed by atoms with Crippen molar-refractivity contribution in [2.45, 2.75) is 52.5 Å². The van der Waals surface area contributed by atoms with Crippen molar-refractivity contribution in [2.75, 3.05) is 23.3 Å². The van der Waals surface area contributed by atoms with Gasteiger partial charge in [0.2, 0.25) is 0 Å². The molecule has 0 fully saturated rings. The van der Waals surface area contributed by atoms with Crippen molar-refractivity contribution in [3.63, 3.8) is 0 Å². The van der Waals surface area contributed by atoms with Crippen molar-refractivity contribution in [3.8, 4) is 0 Å². The second-order valence-corrected chi connectivity index (χ2v) is 9.55. The van der Waals surface area contributed by atoms with Gasteiger partial charge in [-0.25, -0.2) is 14.4 Å². The smallest absolute Gasteiger partial charge is 0.329 e. The van der Waals surface area contributed by atoms with E-state index in [1.165, 1.54) is 27.3 Å². The fraction of sp³-hybridized carbons (Fsp3) is 0.333. The maximum atomic E-state index is 12.6. The Hall–Kier alpha value is -4.38. The van der Waals surface area contributed by atoms with Crippen LogP contribution in [0.4, 0.5) is 17.2 Å². The van der Waals surface area contributed by atoms with Crippen LogP contribution in [0.1, 0.15) is 43.7 Å². The van der Waals surface area contributed by atoms with Gasteiger partial charge in [-0.15, -0.1) is 0 Å². The van der Waals surface area contributed by atoms with Crippen LogP contribution in [0.3, 0.4) is 0 Å². The first-order valence-corrected chi connectivity index (χ1v) is 13.0. The minimum absolute atomic E-state index is 0.220. The number of hydrogen-bond donors (Lipinski definition) is 2. The molecule has 2 aromatic carbocycles. The number of anilines is 3. The average molecular weight is 513 g/mol. The molecule has 0 amide bonds. The van der Waals surface area contributed by atoms with Crippen molar-refractivity contribution in [1.29, 1.82) is 0 Å². The van der Waals surface area contributed by atoms with Crippen LogP contribution < -0.4 is 31.9 Å². The summed E-state index contributed by atoms with van der Waals surface area (Å²) in [6, 6.07) is 12.5. The van der Waals surface area contributed by atoms with Gasteiger partial charge in [-0.2, -0.15) is 0 Å². The highest BCUT2D eigenvalue weighted by atomic mass is 16.2. The first-order chi connectivity index (χ1) is 18.4. The zero-order chi connectivity index (χ0) is 27.1. The van der Waals surface area contributed by atoms with E-state index in [1.54, 1.807) is 24.0 Å². The summed E-state index contributed by atoms with van der Waals surface area (Å²) in [7, 11) is 0. The summed E-state index contributed by atoms with van der Waals surface area (Å²) in [5, 5.41) is 3.58. The van der Waals surface area contributed by atoms with E-state index in [4.69, 9.17) is 0 Å². The topological polar surface area (TPSA) is 104 Å². The number of H-pyrrole nitrogens is 1. The van der Waals surface area contributed by atoms with Crippen LogP contribution in [0.15, 0.2) is 63.7 Å². The first-order valence-electron chi connectivity index (χ1n) is 13.0. The van der Waals surface area contributed by atoms with Gasteiger partial charge < -0.3 is 10.2 Å². The SMILES string of the molecule is CCc1cc(Nc2cc(=O)n(CCCCC3=CCN(c4ccc(=C=O)c(=C=O)c4)CC3)c(=O)[nH]2)ccc1C. The molecule has 1 aliphatic rings. The van der Waals surface area contributed by atoms with Gasteiger partial charge in [0.15, 0.2) is 0 Å². The van der Waals surface area contributed by atoms with Crippen LogP contribution in [0.5, 0.6) is 0 Å². The fourth-order valence-electron chi connectivity index (χ4n) is 4.78. The number of benzene rings is 2. The Kier molecular flexibility index (Phi) is 8.59. The lowest BCUT2D eigenvalue weighted by Crippen LogP contribution is -2.35. The molecule has 2 heterocycles. The van der Waals surface area contributed by atoms with Gasteiger partial charge in [0.25, 0.3) is 5.56 Å². The standard InChI is InChI=1S/C30H32N4O4/c1-3-23-16-26(9-7-21(23)2)31-28-18-29(37)34(30(38)32-28)13-5-4-6-22-11-14-33(15-12-22)27-10-8-24(19-35)25(17-27)20-36/h7-11,16-18,31H,3-6,12-15H2,1-2H3,(H,32,38). The molecule has 8 nitrogen and oxygen atoms in total. The van der Waals surface area contributed by atoms with Crippen LogP contribution in [0, 0.1) is 6.92 Å². The van der Waals surface area contributed by atoms with Crippen molar-refractivity contribution in [3.05, 3.63) is 96.5 Å². The molecule has 8 heteroatoms. The molecule has 0 bridgehead atoms. The molecule has 0 radical (unpaired) electrons. The van der Waals surface area contributed by atoms with Gasteiger partial charge in [-0.3, -0.25) is 14.3 Å². The molecule has 0 aliphatic carbocycles. The highest BCUT2D eigenvalue weighted by Gasteiger charge is 2.13. The molecular formula is C30H32N4O4. The Morgan fingerprint density at radius 3 is 2.50 bits per heavy atom. The highest BCUT2D eigenvalue weighted by molar-refractivity contribution is 5.60. The van der Waals surface area contributed by atoms with E-state index in [0.717, 1.165) is 50.0 Å². The van der Waals surface area contributed by atoms with Crippen LogP contribution >= 0.6 is 0 Å². The van der Waals surface area contributed by atoms with E-state index in [2.05, 4.69) is 35.1 Å². The summed E-state index contributed by atoms with van der Waals surface area (Å²) in [6.45, 7) is 6.04. The van der Waals surface area contributed by atoms with E-state index in [0.29, 0.717) is 18.9 Å². The number of nitrogens with zero attached hydrogens (tertiary/aromatic N) is 2. The monoisotopic (exact) mass is 512 g/mol. The van der Waals surface area contributed by atoms with Gasteiger partial charge in [0, 0.05) is 37.1 Å². The molecular weight excluding hydrogens is 480 g/mol. The Bertz CT molecular complexity index is 1610. The van der Waals surface area contributed by atoms with Crippen molar-refractivity contribution in [1.82, 2.24) is 9.55 Å². The maximum absolute atomic E-state index is 12.6. The third kappa shape index (κ3) is 6.30. The summed E-state index contributed by atoms with van der Waals surface area (Å²) < 4.78 is 1.25. The normalized spacial score (nSPS) is 13.0. The van der Waals surface area contributed by atoms with Crippen LogP contribution in [0.2, 0.25) is 0 Å². The van der Waals surface area contributed by atoms with E-state index >= 15 is 0 Å². The summed E-state index contributed by atoms with van der Waals surface area (Å²) in [5.41, 5.74) is 4.73. The number of aromatic nitrogens is 2. The van der Waals surface area contributed by atoms with Gasteiger partial charge in [-0.05, 0) is 80.5 Å². The van der Waals surface area contributed by atoms with E-state index in [1.807, 2.05) is 24.3 Å². The molecule has 2 N–H and O–H groups in total. The second-order valence-electron chi connectivity index (χ2n) is 9.55. The summed E-state index contributed by atoms with van der Waals surface area (Å²) in [4.78, 5) is 52.2. The average Bonchev–Trinajstić information content (AvgIpc) is 2.93. The molecule has 0 atom stereocenters. The molecule has 3 aromatic rings. The molecule has 196 valence electrons. The Morgan fingerprint density at radius 1 is 1.00 bits per heavy atom. The molecule has 0 saturated heterocycles. The Labute approximate surface area is 220 Å². The lowest BCUT2D eigenvalue weighted by molar-refractivity contribution is 0.562. The van der Waals surface area contributed by atoms with Gasteiger partial charge in [0.05, 0.1) is 10.4 Å². The van der Waals surface area contributed by atoms with Gasteiger partial charge in [0.1, 0.15) is 17.7 Å². The molecule has 0 saturated carbocycles. The molecule has 1 aromatic heterocycles. The van der Waals surface area contributed by atoms with Gasteiger partial charge >= 0.3 is 5.69 Å². The lowest BCUT2D eigenvalue weighted by Gasteiger charge is -2.28. The highest BCUT2D eigenvalue weighted by Crippen LogP contribution is 2.21. The molecule has 0 unspecified atom stereocenters. The van der Waals surface area contributed by atoms with Gasteiger partial charge in [-0.1, -0.05) is 24.6 Å². The number of nitrogens with one attached hydrogen (secondary N) is 2. The second kappa shape index (κ2) is 12.2. The number of aromatic amines is 1. The predicted molar refractivity (Wildman–Crippen MR) is 149 cm³/mol. The predicted octanol–water partition coefficient (Wildman–Crippen LogP) is 2.16. The quantitative estimate of drug-likeness (QED) is 0.336. The lowest BCUT2D eigenvalue weighted by atomic mass is 10.0. The van der Waals surface area contributed by atoms with E-state index in [-0.39, 0.29) is 16.0 Å². The first kappa shape index (κ1) is 26.7. The third-order valence-electron chi connectivity index (χ3n) is 7.05. The molecule has 0 spiro atoms. The molecule has 4 rings (SSSR count). The minimum Gasteiger partial charge on any atom is -0.367 e. The number of aryl methyl sites for hydroxylation is 2. The molecule has 38 heavy (non-hydrogen) atoms. The minimum atomic E-state index is -0.416.